The van der Waals surface area contributed by atoms with Gasteiger partial charge in [0, 0.05) is 74.9 Å². The number of halogens is 3. The van der Waals surface area contributed by atoms with Gasteiger partial charge in [-0.2, -0.15) is 13.2 Å². The number of carbonyl (C=O) groups excluding carboxylic acids is 5. The largest absolute Gasteiger partial charge is 0.497 e. The molecule has 66 heavy (non-hydrogen) atoms. The molecule has 2 aliphatic heterocycles. The van der Waals surface area contributed by atoms with E-state index in [9.17, 15) is 37.1 Å². The number of hydrogen-bond acceptors (Lipinski definition) is 10. The second-order valence-electron chi connectivity index (χ2n) is 15.6. The van der Waals surface area contributed by atoms with Crippen LogP contribution in [0.15, 0.2) is 97.1 Å². The fourth-order valence-corrected chi connectivity index (χ4v) is 7.35. The van der Waals surface area contributed by atoms with Crippen LogP contribution in [0.5, 0.6) is 11.5 Å². The number of nitrogens with zero attached hydrogens (tertiary/aromatic N) is 6. The van der Waals surface area contributed by atoms with Crippen molar-refractivity contribution in [1.82, 2.24) is 24.9 Å². The van der Waals surface area contributed by atoms with Gasteiger partial charge in [-0.1, -0.05) is 62.4 Å². The third-order valence-electron chi connectivity index (χ3n) is 11.5. The van der Waals surface area contributed by atoms with Crippen molar-refractivity contribution in [2.75, 3.05) is 103 Å². The zero-order valence-corrected chi connectivity index (χ0v) is 37.9. The van der Waals surface area contributed by atoms with Crippen molar-refractivity contribution >= 4 is 40.9 Å². The fraction of sp³-hybridized carbons (Fsp3) is 0.396. The molecule has 0 bridgehead atoms. The number of carbonyl (C=O) groups is 5. The van der Waals surface area contributed by atoms with E-state index in [1.807, 2.05) is 41.3 Å². The Labute approximate surface area is 383 Å². The first-order chi connectivity index (χ1) is 31.7. The van der Waals surface area contributed by atoms with Gasteiger partial charge in [-0.15, -0.1) is 0 Å². The number of amides is 5. The summed E-state index contributed by atoms with van der Waals surface area (Å²) in [4.78, 5) is 73.5. The molecule has 354 valence electrons. The van der Waals surface area contributed by atoms with E-state index >= 15 is 0 Å². The van der Waals surface area contributed by atoms with Crippen molar-refractivity contribution < 1.29 is 46.6 Å². The molecule has 0 atom stereocenters. The number of anilines is 2. The summed E-state index contributed by atoms with van der Waals surface area (Å²) in [7, 11) is 3.18. The van der Waals surface area contributed by atoms with E-state index < -0.39 is 24.4 Å². The number of likely N-dealkylation sites (N-methyl/N-ethyl adjacent to an activating group) is 2. The van der Waals surface area contributed by atoms with Crippen molar-refractivity contribution in [1.29, 1.82) is 0 Å². The number of nitrogens with one attached hydrogen (secondary N) is 1. The Morgan fingerprint density at radius 2 is 0.939 bits per heavy atom. The number of alkyl halides is 3. The molecule has 0 radical (unpaired) electrons. The molecular formula is C48H59F3N8O7. The van der Waals surface area contributed by atoms with Crippen LogP contribution < -0.4 is 30.3 Å². The molecule has 2 heterocycles. The Bertz CT molecular complexity index is 2210. The van der Waals surface area contributed by atoms with E-state index in [1.165, 1.54) is 12.1 Å². The maximum atomic E-state index is 13.5. The van der Waals surface area contributed by atoms with Crippen LogP contribution in [-0.2, 0) is 17.9 Å². The smallest absolute Gasteiger partial charge is 0.471 e. The minimum absolute atomic E-state index is 0.0143. The van der Waals surface area contributed by atoms with Gasteiger partial charge < -0.3 is 40.1 Å². The SMILES string of the molecule is CCN1CCN(C(=O)N(Cc2ccc(C(=O)CN)cc2)c2ccc(OC)cc2)CC1.CCN1CCN(C(=O)N(Cc2ccc(C(=O)CNC(=O)C(F)(F)F)cc2)c2ccc(OC)cc2)CC1. The Hall–Kier alpha value is -6.50. The molecule has 6 rings (SSSR count). The van der Waals surface area contributed by atoms with E-state index in [4.69, 9.17) is 15.2 Å². The molecule has 2 aliphatic rings. The Kier molecular flexibility index (Phi) is 18.5. The maximum Gasteiger partial charge on any atom is 0.471 e. The highest BCUT2D eigenvalue weighted by molar-refractivity contribution is 6.00. The summed E-state index contributed by atoms with van der Waals surface area (Å²) < 4.78 is 47.5. The highest BCUT2D eigenvalue weighted by Gasteiger charge is 2.38. The van der Waals surface area contributed by atoms with Crippen molar-refractivity contribution in [3.8, 4) is 11.5 Å². The first kappa shape index (κ1) is 50.5. The lowest BCUT2D eigenvalue weighted by molar-refractivity contribution is -0.173. The van der Waals surface area contributed by atoms with Crippen LogP contribution in [0.4, 0.5) is 34.1 Å². The fourth-order valence-electron chi connectivity index (χ4n) is 7.35. The van der Waals surface area contributed by atoms with Gasteiger partial charge in [-0.3, -0.25) is 24.2 Å². The number of hydrogen-bond donors (Lipinski definition) is 2. The van der Waals surface area contributed by atoms with Gasteiger partial charge in [0.1, 0.15) is 11.5 Å². The molecule has 0 unspecified atom stereocenters. The number of rotatable bonds is 15. The van der Waals surface area contributed by atoms with Crippen molar-refractivity contribution in [2.45, 2.75) is 33.1 Å². The lowest BCUT2D eigenvalue weighted by atomic mass is 10.1. The molecule has 0 spiro atoms. The molecule has 4 aromatic carbocycles. The van der Waals surface area contributed by atoms with Gasteiger partial charge in [0.05, 0.1) is 40.4 Å². The van der Waals surface area contributed by atoms with E-state index in [1.54, 1.807) is 82.8 Å². The zero-order chi connectivity index (χ0) is 47.8. The maximum absolute atomic E-state index is 13.5. The average Bonchev–Trinajstić information content (AvgIpc) is 3.36. The van der Waals surface area contributed by atoms with Crippen LogP contribution in [0.1, 0.15) is 45.7 Å². The Balaban J connectivity index is 0.000000251. The molecule has 5 amide bonds. The van der Waals surface area contributed by atoms with Crippen LogP contribution in [0.25, 0.3) is 0 Å². The van der Waals surface area contributed by atoms with Crippen LogP contribution in [0.2, 0.25) is 0 Å². The Morgan fingerprint density at radius 3 is 1.26 bits per heavy atom. The molecule has 18 heteroatoms. The van der Waals surface area contributed by atoms with Crippen molar-refractivity contribution in [2.24, 2.45) is 5.73 Å². The monoisotopic (exact) mass is 916 g/mol. The molecule has 2 fully saturated rings. The summed E-state index contributed by atoms with van der Waals surface area (Å²) in [6, 6.07) is 27.9. The van der Waals surface area contributed by atoms with Gasteiger partial charge in [0.15, 0.2) is 11.6 Å². The quantitative estimate of drug-likeness (QED) is 0.137. The Morgan fingerprint density at radius 1 is 0.576 bits per heavy atom. The molecular weight excluding hydrogens is 858 g/mol. The number of Topliss-reactive ketones (excluding diaryl/α,β-unsaturated/α-hetero) is 2. The van der Waals surface area contributed by atoms with Gasteiger partial charge in [-0.05, 0) is 72.7 Å². The van der Waals surface area contributed by atoms with Crippen LogP contribution in [0, 0.1) is 0 Å². The molecule has 15 nitrogen and oxygen atoms in total. The van der Waals surface area contributed by atoms with Crippen LogP contribution in [-0.4, -0.2) is 148 Å². The number of piperazine rings is 2. The number of ether oxygens (including phenoxy) is 2. The normalized spacial score (nSPS) is 14.4. The molecule has 4 aromatic rings. The zero-order valence-electron chi connectivity index (χ0n) is 37.9. The summed E-state index contributed by atoms with van der Waals surface area (Å²) in [6.45, 7) is 12.0. The predicted octanol–water partition coefficient (Wildman–Crippen LogP) is 5.92. The van der Waals surface area contributed by atoms with Gasteiger partial charge in [0.25, 0.3) is 0 Å². The molecule has 0 saturated carbocycles. The second kappa shape index (κ2) is 24.1. The van der Waals surface area contributed by atoms with Crippen LogP contribution in [0.3, 0.4) is 0 Å². The lowest BCUT2D eigenvalue weighted by Gasteiger charge is -2.37. The summed E-state index contributed by atoms with van der Waals surface area (Å²) >= 11 is 0. The topological polar surface area (TPSA) is 161 Å². The van der Waals surface area contributed by atoms with Gasteiger partial charge in [-0.25, -0.2) is 9.59 Å². The third-order valence-corrected chi connectivity index (χ3v) is 11.5. The number of ketones is 2. The average molecular weight is 917 g/mol. The molecule has 3 N–H and O–H groups in total. The first-order valence-electron chi connectivity index (χ1n) is 21.8. The molecule has 2 saturated heterocycles. The standard InChI is InChI=1S/C25H29F3N4O4.C23H30N4O3/c1-3-30-12-14-31(15-13-30)24(35)32(20-8-10-21(36-2)11-9-20)17-18-4-6-19(7-5-18)22(33)16-29-23(34)25(26,27)28;1-3-25-12-14-26(15-13-25)23(29)27(20-8-10-21(30-2)11-9-20)17-18-4-6-19(7-5-18)22(28)16-24/h4-11H,3,12-17H2,1-2H3,(H,29,34);4-11H,3,12-17,24H2,1-2H3. The summed E-state index contributed by atoms with van der Waals surface area (Å²) in [5, 5.41) is 1.57. The number of methoxy groups -OCH3 is 2. The third kappa shape index (κ3) is 14.0. The first-order valence-corrected chi connectivity index (χ1v) is 21.8. The highest BCUT2D eigenvalue weighted by atomic mass is 19.4. The van der Waals surface area contributed by atoms with Crippen molar-refractivity contribution in [3.05, 3.63) is 119 Å². The minimum atomic E-state index is -5.05. The lowest BCUT2D eigenvalue weighted by Crippen LogP contribution is -2.52. The molecule has 0 aromatic heterocycles. The van der Waals surface area contributed by atoms with E-state index in [-0.39, 0.29) is 36.5 Å². The predicted molar refractivity (Wildman–Crippen MR) is 246 cm³/mol. The van der Waals surface area contributed by atoms with Crippen LogP contribution >= 0.6 is 0 Å². The summed E-state index contributed by atoms with van der Waals surface area (Å²) in [6.07, 6.45) is -5.05. The van der Waals surface area contributed by atoms with E-state index in [0.717, 1.165) is 61.8 Å². The number of nitrogens with two attached hydrogens (primary N) is 1. The second-order valence-corrected chi connectivity index (χ2v) is 15.6. The van der Waals surface area contributed by atoms with Gasteiger partial charge >= 0.3 is 24.1 Å². The summed E-state index contributed by atoms with van der Waals surface area (Å²) in [5.74, 6) is -1.52. The minimum Gasteiger partial charge on any atom is -0.497 e. The van der Waals surface area contributed by atoms with E-state index in [2.05, 4.69) is 23.6 Å². The number of urea groups is 2. The van der Waals surface area contributed by atoms with Crippen molar-refractivity contribution in [3.63, 3.8) is 0 Å². The molecule has 0 aliphatic carbocycles. The highest BCUT2D eigenvalue weighted by Crippen LogP contribution is 2.26. The summed E-state index contributed by atoms with van der Waals surface area (Å²) in [5.41, 5.74) is 9.33. The van der Waals surface area contributed by atoms with E-state index in [0.29, 0.717) is 49.7 Å². The van der Waals surface area contributed by atoms with Gasteiger partial charge in [0.2, 0.25) is 0 Å². The number of benzene rings is 4.